The van der Waals surface area contributed by atoms with E-state index in [1.807, 2.05) is 0 Å². The van der Waals surface area contributed by atoms with E-state index in [0.717, 1.165) is 6.54 Å². The Bertz CT molecular complexity index is 93.1. The number of rotatable bonds is 2. The first-order valence-corrected chi connectivity index (χ1v) is 4.26. The highest BCUT2D eigenvalue weighted by atomic mass is 15.0. The second-order valence-corrected chi connectivity index (χ2v) is 3.36. The van der Waals surface area contributed by atoms with Crippen LogP contribution in [0.3, 0.4) is 0 Å². The average molecular weight is 146 g/mol. The van der Waals surface area contributed by atoms with Crippen LogP contribution in [0, 0.1) is 0 Å². The minimum atomic E-state index is 0. The van der Waals surface area contributed by atoms with Crippen LogP contribution in [-0.4, -0.2) is 25.2 Å². The molecule has 0 radical (unpaired) electrons. The van der Waals surface area contributed by atoms with Gasteiger partial charge in [-0.25, -0.2) is 0 Å². The molecule has 64 valence electrons. The Hall–Kier alpha value is -0.0800. The first-order chi connectivity index (χ1) is 4.79. The van der Waals surface area contributed by atoms with Crippen molar-refractivity contribution < 1.29 is 2.85 Å². The smallest absolute Gasteiger partial charge is 0.0195 e. The van der Waals surface area contributed by atoms with Gasteiger partial charge < -0.3 is 10.6 Å². The SMILES string of the molecule is CC(C)N[C@H]1CCCNC1.[HH].[HH]. The molecule has 0 aromatic heterocycles. The Morgan fingerprint density at radius 3 is 2.90 bits per heavy atom. The van der Waals surface area contributed by atoms with Gasteiger partial charge >= 0.3 is 0 Å². The van der Waals surface area contributed by atoms with Gasteiger partial charge in [-0.3, -0.25) is 0 Å². The lowest BCUT2D eigenvalue weighted by atomic mass is 10.1. The maximum absolute atomic E-state index is 3.52. The van der Waals surface area contributed by atoms with Gasteiger partial charge in [0, 0.05) is 21.5 Å². The van der Waals surface area contributed by atoms with Crippen LogP contribution in [0.4, 0.5) is 0 Å². The van der Waals surface area contributed by atoms with Crippen molar-refractivity contribution in [3.05, 3.63) is 0 Å². The number of hydrogen-bond donors (Lipinski definition) is 2. The fraction of sp³-hybridized carbons (Fsp3) is 1.00. The molecule has 1 aliphatic heterocycles. The van der Waals surface area contributed by atoms with E-state index >= 15 is 0 Å². The van der Waals surface area contributed by atoms with Crippen molar-refractivity contribution in [2.75, 3.05) is 13.1 Å². The van der Waals surface area contributed by atoms with Crippen molar-refractivity contribution >= 4 is 0 Å². The monoisotopic (exact) mass is 146 g/mol. The second kappa shape index (κ2) is 3.94. The first-order valence-electron chi connectivity index (χ1n) is 4.26. The highest BCUT2D eigenvalue weighted by Gasteiger charge is 2.12. The van der Waals surface area contributed by atoms with Crippen LogP contribution >= 0.6 is 0 Å². The molecule has 2 N–H and O–H groups in total. The molecule has 1 saturated heterocycles. The lowest BCUT2D eigenvalue weighted by Gasteiger charge is -2.25. The number of hydrogen-bond acceptors (Lipinski definition) is 2. The summed E-state index contributed by atoms with van der Waals surface area (Å²) in [7, 11) is 0. The number of nitrogens with one attached hydrogen (secondary N) is 2. The van der Waals surface area contributed by atoms with Crippen LogP contribution in [0.25, 0.3) is 0 Å². The molecule has 1 rings (SSSR count). The summed E-state index contributed by atoms with van der Waals surface area (Å²) in [6, 6.07) is 1.35. The van der Waals surface area contributed by atoms with Gasteiger partial charge in [0.2, 0.25) is 0 Å². The molecule has 1 atom stereocenters. The van der Waals surface area contributed by atoms with Crippen molar-refractivity contribution in [3.8, 4) is 0 Å². The van der Waals surface area contributed by atoms with E-state index in [4.69, 9.17) is 0 Å². The van der Waals surface area contributed by atoms with Crippen LogP contribution in [0.2, 0.25) is 0 Å². The third-order valence-corrected chi connectivity index (χ3v) is 1.87. The van der Waals surface area contributed by atoms with E-state index in [9.17, 15) is 0 Å². The van der Waals surface area contributed by atoms with Gasteiger partial charge in [0.1, 0.15) is 0 Å². The van der Waals surface area contributed by atoms with E-state index < -0.39 is 0 Å². The second-order valence-electron chi connectivity index (χ2n) is 3.36. The van der Waals surface area contributed by atoms with Crippen LogP contribution in [-0.2, 0) is 0 Å². The minimum absolute atomic E-state index is 0. The first kappa shape index (κ1) is 8.02. The van der Waals surface area contributed by atoms with Crippen molar-refractivity contribution in [2.45, 2.75) is 38.8 Å². The van der Waals surface area contributed by atoms with Crippen LogP contribution in [0.15, 0.2) is 0 Å². The molecular formula is C8H22N2. The van der Waals surface area contributed by atoms with Gasteiger partial charge in [0.15, 0.2) is 0 Å². The minimum Gasteiger partial charge on any atom is -0.315 e. The fourth-order valence-electron chi connectivity index (χ4n) is 1.47. The Morgan fingerprint density at radius 1 is 1.60 bits per heavy atom. The quantitative estimate of drug-likeness (QED) is 0.612. The van der Waals surface area contributed by atoms with Gasteiger partial charge in [-0.1, -0.05) is 13.8 Å². The maximum atomic E-state index is 3.52. The van der Waals surface area contributed by atoms with Crippen molar-refractivity contribution in [1.29, 1.82) is 0 Å². The summed E-state index contributed by atoms with van der Waals surface area (Å²) in [4.78, 5) is 0. The zero-order chi connectivity index (χ0) is 7.40. The molecule has 1 fully saturated rings. The zero-order valence-electron chi connectivity index (χ0n) is 6.98. The highest BCUT2D eigenvalue weighted by Crippen LogP contribution is 2.01. The third kappa shape index (κ3) is 2.67. The van der Waals surface area contributed by atoms with Gasteiger partial charge in [-0.2, -0.15) is 0 Å². The molecule has 0 unspecified atom stereocenters. The largest absolute Gasteiger partial charge is 0.315 e. The summed E-state index contributed by atoms with van der Waals surface area (Å²) < 4.78 is 0. The summed E-state index contributed by atoms with van der Waals surface area (Å²) in [6.45, 7) is 6.76. The molecule has 0 aromatic carbocycles. The standard InChI is InChI=1S/C8H18N2.2H2/c1-7(2)10-8-4-3-5-9-6-8;;/h7-10H,3-6H2,1-2H3;2*1H/t8-;;/m0../s1. The van der Waals surface area contributed by atoms with E-state index in [1.165, 1.54) is 19.4 Å². The molecule has 1 aliphatic rings. The summed E-state index contributed by atoms with van der Waals surface area (Å²) in [5, 5.41) is 6.90. The summed E-state index contributed by atoms with van der Waals surface area (Å²) >= 11 is 0. The van der Waals surface area contributed by atoms with Gasteiger partial charge in [0.05, 0.1) is 0 Å². The Balaban J connectivity index is 0. The predicted octanol–water partition coefficient (Wildman–Crippen LogP) is 1.23. The van der Waals surface area contributed by atoms with Crippen LogP contribution < -0.4 is 10.6 Å². The molecule has 2 heteroatoms. The van der Waals surface area contributed by atoms with E-state index in [1.54, 1.807) is 0 Å². The molecular weight excluding hydrogens is 124 g/mol. The average Bonchev–Trinajstić information content (AvgIpc) is 1.88. The molecule has 0 aromatic rings. The van der Waals surface area contributed by atoms with Gasteiger partial charge in [-0.05, 0) is 19.4 Å². The molecule has 0 aliphatic carbocycles. The summed E-state index contributed by atoms with van der Waals surface area (Å²) in [5.41, 5.74) is 0. The van der Waals surface area contributed by atoms with E-state index in [2.05, 4.69) is 24.5 Å². The molecule has 0 spiro atoms. The fourth-order valence-corrected chi connectivity index (χ4v) is 1.47. The molecule has 2 nitrogen and oxygen atoms in total. The predicted molar refractivity (Wildman–Crippen MR) is 48.4 cm³/mol. The van der Waals surface area contributed by atoms with Gasteiger partial charge in [-0.15, -0.1) is 0 Å². The van der Waals surface area contributed by atoms with E-state index in [-0.39, 0.29) is 2.85 Å². The highest BCUT2D eigenvalue weighted by molar-refractivity contribution is 4.75. The topological polar surface area (TPSA) is 24.1 Å². The maximum Gasteiger partial charge on any atom is 0.0195 e. The molecule has 10 heavy (non-hydrogen) atoms. The zero-order valence-corrected chi connectivity index (χ0v) is 6.98. The number of piperidine rings is 1. The van der Waals surface area contributed by atoms with E-state index in [0.29, 0.717) is 12.1 Å². The molecule has 0 amide bonds. The lowest BCUT2D eigenvalue weighted by molar-refractivity contribution is 0.367. The Morgan fingerprint density at radius 2 is 2.40 bits per heavy atom. The normalized spacial score (nSPS) is 27.3. The van der Waals surface area contributed by atoms with Crippen molar-refractivity contribution in [1.82, 2.24) is 10.6 Å². The summed E-state index contributed by atoms with van der Waals surface area (Å²) in [6.07, 6.45) is 2.66. The molecule has 0 bridgehead atoms. The summed E-state index contributed by atoms with van der Waals surface area (Å²) in [5.74, 6) is 0. The lowest BCUT2D eigenvalue weighted by Crippen LogP contribution is -2.45. The molecule has 0 saturated carbocycles. The molecule has 1 heterocycles. The van der Waals surface area contributed by atoms with Crippen LogP contribution in [0.5, 0.6) is 0 Å². The van der Waals surface area contributed by atoms with Crippen LogP contribution in [0.1, 0.15) is 29.5 Å². The van der Waals surface area contributed by atoms with Gasteiger partial charge in [0.25, 0.3) is 0 Å². The Kier molecular flexibility index (Phi) is 3.16. The van der Waals surface area contributed by atoms with Crippen molar-refractivity contribution in [3.63, 3.8) is 0 Å². The Labute approximate surface area is 66.4 Å². The third-order valence-electron chi connectivity index (χ3n) is 1.87. The van der Waals surface area contributed by atoms with Crippen molar-refractivity contribution in [2.24, 2.45) is 0 Å².